The quantitative estimate of drug-likeness (QED) is 0.389. The van der Waals surface area contributed by atoms with E-state index in [9.17, 15) is 9.59 Å². The highest BCUT2D eigenvalue weighted by molar-refractivity contribution is 14.1. The molecule has 0 atom stereocenters. The lowest BCUT2D eigenvalue weighted by Gasteiger charge is -2.10. The molecular formula is C18H18IN3O4. The van der Waals surface area contributed by atoms with Crippen molar-refractivity contribution in [2.24, 2.45) is 5.10 Å². The van der Waals surface area contributed by atoms with Crippen LogP contribution >= 0.6 is 22.6 Å². The number of halogens is 1. The number of benzene rings is 2. The van der Waals surface area contributed by atoms with Crippen molar-refractivity contribution in [3.05, 3.63) is 51.1 Å². The van der Waals surface area contributed by atoms with E-state index in [2.05, 4.69) is 38.4 Å². The summed E-state index contributed by atoms with van der Waals surface area (Å²) in [7, 11) is 3.13. The number of hydrazone groups is 1. The molecule has 2 rings (SSSR count). The van der Waals surface area contributed by atoms with Gasteiger partial charge < -0.3 is 14.8 Å². The molecule has 2 aromatic carbocycles. The number of nitrogens with one attached hydrogen (secondary N) is 2. The van der Waals surface area contributed by atoms with E-state index in [0.29, 0.717) is 22.7 Å². The molecule has 2 aromatic rings. The second-order valence-corrected chi connectivity index (χ2v) is 6.36. The number of carbonyl (C=O) groups is 2. The van der Waals surface area contributed by atoms with Crippen LogP contribution in [0.2, 0.25) is 0 Å². The lowest BCUT2D eigenvalue weighted by Crippen LogP contribution is -2.18. The van der Waals surface area contributed by atoms with Gasteiger partial charge in [0.15, 0.2) is 11.5 Å². The van der Waals surface area contributed by atoms with Crippen molar-refractivity contribution in [1.82, 2.24) is 5.43 Å². The van der Waals surface area contributed by atoms with Crippen LogP contribution in [-0.4, -0.2) is 32.2 Å². The topological polar surface area (TPSA) is 89.0 Å². The number of hydrogen-bond donors (Lipinski definition) is 2. The number of ether oxygens (including phenoxy) is 2. The van der Waals surface area contributed by atoms with Crippen molar-refractivity contribution in [2.45, 2.75) is 6.92 Å². The van der Waals surface area contributed by atoms with Crippen molar-refractivity contribution in [2.75, 3.05) is 19.5 Å². The highest BCUT2D eigenvalue weighted by Gasteiger charge is 2.10. The minimum absolute atomic E-state index is 0.205. The van der Waals surface area contributed by atoms with E-state index in [1.54, 1.807) is 44.6 Å². The molecule has 0 radical (unpaired) electrons. The first-order chi connectivity index (χ1) is 12.4. The van der Waals surface area contributed by atoms with Crippen LogP contribution in [0.25, 0.3) is 0 Å². The van der Waals surface area contributed by atoms with Gasteiger partial charge in [-0.15, -0.1) is 0 Å². The van der Waals surface area contributed by atoms with E-state index in [-0.39, 0.29) is 11.8 Å². The molecule has 7 nitrogen and oxygen atoms in total. The van der Waals surface area contributed by atoms with Crippen LogP contribution in [0.4, 0.5) is 5.69 Å². The molecule has 0 bridgehead atoms. The van der Waals surface area contributed by atoms with Gasteiger partial charge in [-0.05, 0) is 58.5 Å². The van der Waals surface area contributed by atoms with Crippen molar-refractivity contribution in [1.29, 1.82) is 0 Å². The van der Waals surface area contributed by atoms with Crippen LogP contribution < -0.4 is 20.2 Å². The second kappa shape index (κ2) is 9.18. The van der Waals surface area contributed by atoms with Gasteiger partial charge in [0.1, 0.15) is 0 Å². The maximum absolute atomic E-state index is 12.2. The van der Waals surface area contributed by atoms with E-state index >= 15 is 0 Å². The number of carbonyl (C=O) groups excluding carboxylic acids is 2. The number of amides is 2. The van der Waals surface area contributed by atoms with Gasteiger partial charge in [-0.1, -0.05) is 6.07 Å². The lowest BCUT2D eigenvalue weighted by atomic mass is 10.2. The Hall–Kier alpha value is -2.62. The van der Waals surface area contributed by atoms with Gasteiger partial charge >= 0.3 is 0 Å². The molecule has 26 heavy (non-hydrogen) atoms. The fourth-order valence-electron chi connectivity index (χ4n) is 2.18. The highest BCUT2D eigenvalue weighted by Crippen LogP contribution is 2.32. The maximum Gasteiger partial charge on any atom is 0.271 e. The summed E-state index contributed by atoms with van der Waals surface area (Å²) in [6, 6.07) is 10.2. The Morgan fingerprint density at radius 1 is 1.15 bits per heavy atom. The Labute approximate surface area is 164 Å². The minimum atomic E-state index is -0.386. The zero-order valence-electron chi connectivity index (χ0n) is 14.5. The van der Waals surface area contributed by atoms with Crippen molar-refractivity contribution in [3.63, 3.8) is 0 Å². The summed E-state index contributed by atoms with van der Waals surface area (Å²) in [6.07, 6.45) is 1.51. The fourth-order valence-corrected chi connectivity index (χ4v) is 3.03. The molecule has 136 valence electrons. The molecule has 0 saturated carbocycles. The van der Waals surface area contributed by atoms with Crippen LogP contribution in [0.3, 0.4) is 0 Å². The Balaban J connectivity index is 2.10. The Morgan fingerprint density at radius 2 is 1.92 bits per heavy atom. The zero-order valence-corrected chi connectivity index (χ0v) is 16.7. The predicted molar refractivity (Wildman–Crippen MR) is 108 cm³/mol. The Kier molecular flexibility index (Phi) is 6.96. The van der Waals surface area contributed by atoms with Crippen molar-refractivity contribution < 1.29 is 19.1 Å². The molecule has 0 aromatic heterocycles. The lowest BCUT2D eigenvalue weighted by molar-refractivity contribution is -0.114. The molecule has 0 saturated heterocycles. The first-order valence-electron chi connectivity index (χ1n) is 7.57. The highest BCUT2D eigenvalue weighted by atomic mass is 127. The third kappa shape index (κ3) is 5.19. The third-order valence-corrected chi connectivity index (χ3v) is 4.08. The van der Waals surface area contributed by atoms with Gasteiger partial charge in [-0.3, -0.25) is 9.59 Å². The molecule has 0 heterocycles. The molecule has 2 amide bonds. The number of hydrogen-bond acceptors (Lipinski definition) is 5. The van der Waals surface area contributed by atoms with Crippen LogP contribution in [0.1, 0.15) is 22.8 Å². The van der Waals surface area contributed by atoms with Gasteiger partial charge in [-0.25, -0.2) is 5.43 Å². The smallest absolute Gasteiger partial charge is 0.271 e. The summed E-state index contributed by atoms with van der Waals surface area (Å²) >= 11 is 2.13. The summed E-state index contributed by atoms with van der Waals surface area (Å²) < 4.78 is 11.4. The average molecular weight is 467 g/mol. The summed E-state index contributed by atoms with van der Waals surface area (Å²) in [6.45, 7) is 1.40. The van der Waals surface area contributed by atoms with Crippen LogP contribution in [0.15, 0.2) is 41.5 Å². The fraction of sp³-hybridized carbons (Fsp3) is 0.167. The van der Waals surface area contributed by atoms with E-state index < -0.39 is 0 Å². The molecule has 0 aliphatic heterocycles. The van der Waals surface area contributed by atoms with Crippen molar-refractivity contribution in [3.8, 4) is 11.5 Å². The molecule has 0 aliphatic rings. The summed E-state index contributed by atoms with van der Waals surface area (Å²) in [5.74, 6) is 0.631. The SMILES string of the molecule is COc1cc(/C=N\NC(=O)c2cccc(NC(C)=O)c2)cc(I)c1OC. The standard InChI is InChI=1S/C18H18IN3O4/c1-11(23)21-14-6-4-5-13(9-14)18(24)22-20-10-12-7-15(19)17(26-3)16(8-12)25-2/h4-10H,1-3H3,(H,21,23)(H,22,24)/b20-10-. The molecule has 0 unspecified atom stereocenters. The summed E-state index contributed by atoms with van der Waals surface area (Å²) in [4.78, 5) is 23.3. The molecule has 0 spiro atoms. The number of methoxy groups -OCH3 is 2. The average Bonchev–Trinajstić information content (AvgIpc) is 2.60. The monoisotopic (exact) mass is 467 g/mol. The molecule has 0 aliphatic carbocycles. The summed E-state index contributed by atoms with van der Waals surface area (Å²) in [5, 5.41) is 6.60. The molecule has 0 fully saturated rings. The molecule has 2 N–H and O–H groups in total. The number of rotatable bonds is 6. The van der Waals surface area contributed by atoms with Gasteiger partial charge in [0.25, 0.3) is 5.91 Å². The predicted octanol–water partition coefficient (Wildman–Crippen LogP) is 3.03. The third-order valence-electron chi connectivity index (χ3n) is 3.28. The molecule has 8 heteroatoms. The van der Waals surface area contributed by atoms with E-state index in [4.69, 9.17) is 9.47 Å². The van der Waals surface area contributed by atoms with Gasteiger partial charge in [0.2, 0.25) is 5.91 Å². The second-order valence-electron chi connectivity index (χ2n) is 5.20. The minimum Gasteiger partial charge on any atom is -0.493 e. The van der Waals surface area contributed by atoms with Crippen LogP contribution in [0.5, 0.6) is 11.5 Å². The van der Waals surface area contributed by atoms with Crippen LogP contribution in [0, 0.1) is 3.57 Å². The number of anilines is 1. The van der Waals surface area contributed by atoms with E-state index in [0.717, 1.165) is 9.13 Å². The maximum atomic E-state index is 12.2. The Morgan fingerprint density at radius 3 is 2.58 bits per heavy atom. The van der Waals surface area contributed by atoms with Gasteiger partial charge in [-0.2, -0.15) is 5.10 Å². The number of nitrogens with zero attached hydrogens (tertiary/aromatic N) is 1. The van der Waals surface area contributed by atoms with Crippen LogP contribution in [-0.2, 0) is 4.79 Å². The first kappa shape index (κ1) is 19.7. The zero-order chi connectivity index (χ0) is 19.1. The molecular weight excluding hydrogens is 449 g/mol. The largest absolute Gasteiger partial charge is 0.493 e. The normalized spacial score (nSPS) is 10.5. The summed E-state index contributed by atoms with van der Waals surface area (Å²) in [5.41, 5.74) is 4.14. The van der Waals surface area contributed by atoms with Gasteiger partial charge in [0.05, 0.1) is 24.0 Å². The Bertz CT molecular complexity index is 852. The van der Waals surface area contributed by atoms with Gasteiger partial charge in [0, 0.05) is 18.2 Å². The van der Waals surface area contributed by atoms with Crippen molar-refractivity contribution >= 4 is 46.3 Å². The van der Waals surface area contributed by atoms with E-state index in [1.165, 1.54) is 13.1 Å². The first-order valence-corrected chi connectivity index (χ1v) is 8.65. The van der Waals surface area contributed by atoms with E-state index in [1.807, 2.05) is 6.07 Å².